The van der Waals surface area contributed by atoms with Gasteiger partial charge in [-0.3, -0.25) is 0 Å². The molecular weight excluding hydrogens is 384 g/mol. The summed E-state index contributed by atoms with van der Waals surface area (Å²) in [4.78, 5) is 24.0. The summed E-state index contributed by atoms with van der Waals surface area (Å²) in [6, 6.07) is 4.91. The lowest BCUT2D eigenvalue weighted by atomic mass is 9.98. The van der Waals surface area contributed by atoms with Crippen LogP contribution >= 0.6 is 0 Å². The van der Waals surface area contributed by atoms with Crippen LogP contribution in [0, 0.1) is 13.8 Å². The molecule has 0 radical (unpaired) electrons. The topological polar surface area (TPSA) is 61.8 Å². The molecule has 0 spiro atoms. The van der Waals surface area contributed by atoms with E-state index < -0.39 is 20.0 Å². The van der Waals surface area contributed by atoms with Crippen molar-refractivity contribution in [3.8, 4) is 0 Å². The lowest BCUT2D eigenvalue weighted by Gasteiger charge is -2.17. The highest BCUT2D eigenvalue weighted by atomic mass is 28.3. The summed E-state index contributed by atoms with van der Waals surface area (Å²) in [5.74, 6) is -1.05. The van der Waals surface area contributed by atoms with E-state index >= 15 is 0 Å². The fourth-order valence-corrected chi connectivity index (χ4v) is 4.14. The third kappa shape index (κ3) is 6.91. The SMILES string of the molecule is Cc1cc(C)c(C(=O)OCC[Si](C)(C)C)c(/C=C/C[C@@H]2OC(C)(C)O[C@@H]2C=O)c1. The standard InChI is InChI=1S/C23H34O5Si/c1-16-13-17(2)21(22(25)26-11-12-29(5,6)7)18(14-16)9-8-10-19-20(15-24)28-23(3,4)27-19/h8-9,13-15,19-20H,10-12H2,1-7H3/b9-8+/t19-,20+/m0/s1. The molecule has 1 fully saturated rings. The number of aldehydes is 1. The minimum Gasteiger partial charge on any atom is -0.462 e. The Kier molecular flexibility index (Phi) is 7.60. The third-order valence-corrected chi connectivity index (χ3v) is 6.53. The van der Waals surface area contributed by atoms with Gasteiger partial charge >= 0.3 is 5.97 Å². The molecule has 1 aromatic rings. The summed E-state index contributed by atoms with van der Waals surface area (Å²) < 4.78 is 17.0. The zero-order chi connectivity index (χ0) is 21.8. The van der Waals surface area contributed by atoms with Crippen molar-refractivity contribution in [3.05, 3.63) is 40.5 Å². The normalized spacial score (nSPS) is 21.5. The Morgan fingerprint density at radius 3 is 2.52 bits per heavy atom. The van der Waals surface area contributed by atoms with Crippen molar-refractivity contribution in [2.45, 2.75) is 77.8 Å². The molecule has 1 aromatic carbocycles. The van der Waals surface area contributed by atoms with E-state index in [1.807, 2.05) is 38.1 Å². The van der Waals surface area contributed by atoms with Gasteiger partial charge in [-0.1, -0.05) is 49.5 Å². The van der Waals surface area contributed by atoms with Crippen LogP contribution in [0.2, 0.25) is 25.7 Å². The summed E-state index contributed by atoms with van der Waals surface area (Å²) in [6.07, 6.45) is 4.22. The van der Waals surface area contributed by atoms with Crippen molar-refractivity contribution < 1.29 is 23.8 Å². The summed E-state index contributed by atoms with van der Waals surface area (Å²) in [5.41, 5.74) is 3.39. The molecule has 0 saturated carbocycles. The van der Waals surface area contributed by atoms with Crippen molar-refractivity contribution in [1.82, 2.24) is 0 Å². The number of benzene rings is 1. The van der Waals surface area contributed by atoms with Gasteiger partial charge in [0, 0.05) is 8.07 Å². The second kappa shape index (κ2) is 9.37. The quantitative estimate of drug-likeness (QED) is 0.341. The Morgan fingerprint density at radius 2 is 1.90 bits per heavy atom. The number of hydrogen-bond acceptors (Lipinski definition) is 5. The molecule has 1 saturated heterocycles. The highest BCUT2D eigenvalue weighted by Crippen LogP contribution is 2.29. The first-order chi connectivity index (χ1) is 13.4. The lowest BCUT2D eigenvalue weighted by Crippen LogP contribution is -2.23. The summed E-state index contributed by atoms with van der Waals surface area (Å²) >= 11 is 0. The Labute approximate surface area is 175 Å². The number of carbonyl (C=O) groups is 2. The molecule has 2 atom stereocenters. The Balaban J connectivity index is 2.14. The molecule has 6 heteroatoms. The van der Waals surface area contributed by atoms with E-state index in [1.165, 1.54) is 0 Å². The molecule has 0 N–H and O–H groups in total. The maximum atomic E-state index is 12.8. The molecular formula is C23H34O5Si. The average molecular weight is 419 g/mol. The molecule has 5 nitrogen and oxygen atoms in total. The maximum Gasteiger partial charge on any atom is 0.338 e. The molecule has 160 valence electrons. The molecule has 0 unspecified atom stereocenters. The van der Waals surface area contributed by atoms with Crippen LogP contribution in [0.1, 0.15) is 47.3 Å². The average Bonchev–Trinajstić information content (AvgIpc) is 2.87. The van der Waals surface area contributed by atoms with Crippen LogP contribution in [0.25, 0.3) is 6.08 Å². The van der Waals surface area contributed by atoms with Gasteiger partial charge in [0.2, 0.25) is 0 Å². The Morgan fingerprint density at radius 1 is 1.21 bits per heavy atom. The zero-order valence-corrected chi connectivity index (χ0v) is 19.7. The second-order valence-electron chi connectivity index (χ2n) is 9.41. The Bertz CT molecular complexity index is 776. The van der Waals surface area contributed by atoms with Crippen LogP contribution in [0.3, 0.4) is 0 Å². The predicted molar refractivity (Wildman–Crippen MR) is 118 cm³/mol. The van der Waals surface area contributed by atoms with Crippen LogP contribution in [0.4, 0.5) is 0 Å². The Hall–Kier alpha value is -1.76. The molecule has 0 aliphatic carbocycles. The van der Waals surface area contributed by atoms with E-state index in [0.717, 1.165) is 29.0 Å². The monoisotopic (exact) mass is 418 g/mol. The van der Waals surface area contributed by atoms with Crippen molar-refractivity contribution in [1.29, 1.82) is 0 Å². The fraction of sp³-hybridized carbons (Fsp3) is 0.565. The summed E-state index contributed by atoms with van der Waals surface area (Å²) in [6.45, 7) is 14.8. The van der Waals surface area contributed by atoms with Gasteiger partial charge in [0.25, 0.3) is 0 Å². The third-order valence-electron chi connectivity index (χ3n) is 4.82. The van der Waals surface area contributed by atoms with E-state index in [-0.39, 0.29) is 12.1 Å². The second-order valence-corrected chi connectivity index (χ2v) is 15.0. The molecule has 0 aromatic heterocycles. The highest BCUT2D eigenvalue weighted by molar-refractivity contribution is 6.76. The number of hydrogen-bond donors (Lipinski definition) is 0. The maximum absolute atomic E-state index is 12.8. The first-order valence-corrected chi connectivity index (χ1v) is 13.9. The predicted octanol–water partition coefficient (Wildman–Crippen LogP) is 4.92. The number of carbonyl (C=O) groups excluding carboxylic acids is 2. The van der Waals surface area contributed by atoms with Gasteiger partial charge in [-0.2, -0.15) is 0 Å². The fourth-order valence-electron chi connectivity index (χ4n) is 3.42. The number of rotatable bonds is 8. The van der Waals surface area contributed by atoms with Crippen LogP contribution in [-0.4, -0.2) is 44.9 Å². The van der Waals surface area contributed by atoms with E-state index in [2.05, 4.69) is 19.6 Å². The molecule has 2 rings (SSSR count). The van der Waals surface area contributed by atoms with Crippen molar-refractivity contribution in [3.63, 3.8) is 0 Å². The van der Waals surface area contributed by atoms with E-state index in [9.17, 15) is 9.59 Å². The van der Waals surface area contributed by atoms with Gasteiger partial charge in [0.15, 0.2) is 12.1 Å². The van der Waals surface area contributed by atoms with Crippen LogP contribution in [0.5, 0.6) is 0 Å². The molecule has 1 aliphatic heterocycles. The van der Waals surface area contributed by atoms with E-state index in [0.29, 0.717) is 18.6 Å². The van der Waals surface area contributed by atoms with Gasteiger partial charge in [-0.05, 0) is 51.3 Å². The molecule has 29 heavy (non-hydrogen) atoms. The summed E-state index contributed by atoms with van der Waals surface area (Å²) in [7, 11) is -1.26. The van der Waals surface area contributed by atoms with Crippen LogP contribution < -0.4 is 0 Å². The lowest BCUT2D eigenvalue weighted by molar-refractivity contribution is -0.149. The van der Waals surface area contributed by atoms with Gasteiger partial charge < -0.3 is 19.0 Å². The molecule has 1 aliphatic rings. The van der Waals surface area contributed by atoms with Gasteiger partial charge in [0.1, 0.15) is 6.10 Å². The molecule has 1 heterocycles. The number of esters is 1. The first kappa shape index (κ1) is 23.5. The smallest absolute Gasteiger partial charge is 0.338 e. The zero-order valence-electron chi connectivity index (χ0n) is 18.7. The number of ether oxygens (including phenoxy) is 3. The van der Waals surface area contributed by atoms with Crippen LogP contribution in [0.15, 0.2) is 18.2 Å². The highest BCUT2D eigenvalue weighted by Gasteiger charge is 2.40. The van der Waals surface area contributed by atoms with Gasteiger partial charge in [0.05, 0.1) is 18.3 Å². The van der Waals surface area contributed by atoms with Gasteiger partial charge in [-0.15, -0.1) is 0 Å². The van der Waals surface area contributed by atoms with E-state index in [4.69, 9.17) is 14.2 Å². The number of aryl methyl sites for hydroxylation is 2. The minimum atomic E-state index is -1.26. The first-order valence-electron chi connectivity index (χ1n) is 10.2. The van der Waals surface area contributed by atoms with Gasteiger partial charge in [-0.25, -0.2) is 4.79 Å². The van der Waals surface area contributed by atoms with Crippen molar-refractivity contribution in [2.75, 3.05) is 6.61 Å². The summed E-state index contributed by atoms with van der Waals surface area (Å²) in [5, 5.41) is 0. The van der Waals surface area contributed by atoms with Crippen molar-refractivity contribution >= 4 is 26.4 Å². The van der Waals surface area contributed by atoms with Crippen molar-refractivity contribution in [2.24, 2.45) is 0 Å². The molecule has 0 amide bonds. The molecule has 0 bridgehead atoms. The largest absolute Gasteiger partial charge is 0.462 e. The van der Waals surface area contributed by atoms with E-state index in [1.54, 1.807) is 13.8 Å². The minimum absolute atomic E-state index is 0.284. The van der Waals surface area contributed by atoms with Crippen LogP contribution in [-0.2, 0) is 19.0 Å².